The van der Waals surface area contributed by atoms with Gasteiger partial charge in [-0.25, -0.2) is 18.6 Å². The number of nitrogens with one attached hydrogen (secondary N) is 1. The topological polar surface area (TPSA) is 118 Å². The molecule has 0 spiro atoms. The minimum absolute atomic E-state index is 0.0813. The second-order valence-electron chi connectivity index (χ2n) is 9.41. The normalized spacial score (nSPS) is 11.4. The van der Waals surface area contributed by atoms with Gasteiger partial charge in [0.1, 0.15) is 18.1 Å². The molecule has 3 aromatic carbocycles. The molecular weight excluding hydrogens is 542 g/mol. The molecule has 0 saturated heterocycles. The van der Waals surface area contributed by atoms with Gasteiger partial charge in [0.2, 0.25) is 0 Å². The Balaban J connectivity index is 1.48. The van der Waals surface area contributed by atoms with Gasteiger partial charge in [-0.1, -0.05) is 47.5 Å². The third kappa shape index (κ3) is 7.09. The maximum atomic E-state index is 13.6. The average molecular weight is 574 g/mol. The van der Waals surface area contributed by atoms with Gasteiger partial charge in [-0.05, 0) is 75.7 Å². The molecule has 4 rings (SSSR count). The highest BCUT2D eigenvalue weighted by Crippen LogP contribution is 2.28. The SMILES string of the molecule is CCOC(=O)c1ccc(-c2ccc(/C=N/NC(=O)CN(c3ccc(C)cc3C)S(=O)(=O)c3ccc(C)cc3)o2)cc1. The van der Waals surface area contributed by atoms with Gasteiger partial charge in [0, 0.05) is 5.56 Å². The number of furan rings is 1. The van der Waals surface area contributed by atoms with Gasteiger partial charge in [-0.2, -0.15) is 5.10 Å². The van der Waals surface area contributed by atoms with Gasteiger partial charge in [0.15, 0.2) is 0 Å². The molecule has 1 aromatic heterocycles. The summed E-state index contributed by atoms with van der Waals surface area (Å²) in [5.41, 5.74) is 6.58. The van der Waals surface area contributed by atoms with Gasteiger partial charge in [0.25, 0.3) is 15.9 Å². The van der Waals surface area contributed by atoms with Crippen LogP contribution in [-0.4, -0.2) is 39.7 Å². The van der Waals surface area contributed by atoms with Crippen molar-refractivity contribution in [1.29, 1.82) is 0 Å². The maximum Gasteiger partial charge on any atom is 0.338 e. The van der Waals surface area contributed by atoms with Gasteiger partial charge in [0.05, 0.1) is 29.0 Å². The number of aryl methyl sites for hydroxylation is 3. The van der Waals surface area contributed by atoms with Crippen molar-refractivity contribution in [1.82, 2.24) is 5.43 Å². The summed E-state index contributed by atoms with van der Waals surface area (Å²) in [4.78, 5) is 24.8. The number of hydrogen-bond acceptors (Lipinski definition) is 7. The molecule has 9 nitrogen and oxygen atoms in total. The quantitative estimate of drug-likeness (QED) is 0.154. The summed E-state index contributed by atoms with van der Waals surface area (Å²) in [5, 5.41) is 3.96. The van der Waals surface area contributed by atoms with Crippen LogP contribution in [0.15, 0.2) is 93.3 Å². The van der Waals surface area contributed by atoms with Crippen LogP contribution in [0.3, 0.4) is 0 Å². The molecule has 1 heterocycles. The maximum absolute atomic E-state index is 13.6. The Labute approximate surface area is 239 Å². The molecule has 1 amide bonds. The Morgan fingerprint density at radius 1 is 0.927 bits per heavy atom. The van der Waals surface area contributed by atoms with E-state index in [0.717, 1.165) is 26.6 Å². The first-order valence-corrected chi connectivity index (χ1v) is 14.4. The zero-order chi connectivity index (χ0) is 29.6. The average Bonchev–Trinajstić information content (AvgIpc) is 3.41. The Morgan fingerprint density at radius 2 is 1.61 bits per heavy atom. The third-order valence-electron chi connectivity index (χ3n) is 6.21. The predicted octanol–water partition coefficient (Wildman–Crippen LogP) is 5.39. The summed E-state index contributed by atoms with van der Waals surface area (Å²) < 4.78 is 39.1. The Bertz CT molecular complexity index is 1670. The second kappa shape index (κ2) is 12.6. The first kappa shape index (κ1) is 29.3. The van der Waals surface area contributed by atoms with E-state index in [-0.39, 0.29) is 4.90 Å². The van der Waals surface area contributed by atoms with Crippen LogP contribution in [0.2, 0.25) is 0 Å². The van der Waals surface area contributed by atoms with Crippen molar-refractivity contribution in [3.63, 3.8) is 0 Å². The number of nitrogens with zero attached hydrogens (tertiary/aromatic N) is 2. The highest BCUT2D eigenvalue weighted by atomic mass is 32.2. The van der Waals surface area contributed by atoms with Crippen molar-refractivity contribution in [2.24, 2.45) is 5.10 Å². The molecule has 0 aliphatic heterocycles. The van der Waals surface area contributed by atoms with E-state index in [9.17, 15) is 18.0 Å². The number of carbonyl (C=O) groups excluding carboxylic acids is 2. The molecule has 0 fully saturated rings. The molecule has 0 aliphatic carbocycles. The number of carbonyl (C=O) groups is 2. The van der Waals surface area contributed by atoms with E-state index in [1.807, 2.05) is 19.9 Å². The lowest BCUT2D eigenvalue weighted by molar-refractivity contribution is -0.119. The summed E-state index contributed by atoms with van der Waals surface area (Å²) in [6.45, 7) is 7.14. The third-order valence-corrected chi connectivity index (χ3v) is 7.98. The van der Waals surface area contributed by atoms with Gasteiger partial charge in [-0.3, -0.25) is 9.10 Å². The van der Waals surface area contributed by atoms with E-state index in [4.69, 9.17) is 9.15 Å². The van der Waals surface area contributed by atoms with Crippen LogP contribution < -0.4 is 9.73 Å². The Kier molecular flexibility index (Phi) is 9.04. The van der Waals surface area contributed by atoms with Crippen LogP contribution in [-0.2, 0) is 19.6 Å². The van der Waals surface area contributed by atoms with Crippen molar-refractivity contribution >= 4 is 33.8 Å². The number of hydrogen-bond donors (Lipinski definition) is 1. The molecule has 0 bridgehead atoms. The highest BCUT2D eigenvalue weighted by molar-refractivity contribution is 7.92. The Morgan fingerprint density at radius 3 is 2.27 bits per heavy atom. The molecule has 0 atom stereocenters. The van der Waals surface area contributed by atoms with Crippen LogP contribution in [0, 0.1) is 20.8 Å². The number of esters is 1. The summed E-state index contributed by atoms with van der Waals surface area (Å²) in [7, 11) is -4.04. The lowest BCUT2D eigenvalue weighted by Crippen LogP contribution is -2.40. The minimum atomic E-state index is -4.04. The highest BCUT2D eigenvalue weighted by Gasteiger charge is 2.28. The summed E-state index contributed by atoms with van der Waals surface area (Å²) >= 11 is 0. The summed E-state index contributed by atoms with van der Waals surface area (Å²) in [5.74, 6) is -0.116. The van der Waals surface area contributed by atoms with Crippen molar-refractivity contribution in [3.05, 3.63) is 107 Å². The van der Waals surface area contributed by atoms with E-state index in [1.54, 1.807) is 74.5 Å². The fourth-order valence-corrected chi connectivity index (χ4v) is 5.60. The van der Waals surface area contributed by atoms with Crippen LogP contribution in [0.25, 0.3) is 11.3 Å². The first-order valence-electron chi connectivity index (χ1n) is 12.9. The summed E-state index contributed by atoms with van der Waals surface area (Å²) in [6.07, 6.45) is 1.32. The molecule has 0 radical (unpaired) electrons. The smallest absolute Gasteiger partial charge is 0.338 e. The van der Waals surface area contributed by atoms with Crippen LogP contribution in [0.1, 0.15) is 39.7 Å². The molecular formula is C31H31N3O6S. The lowest BCUT2D eigenvalue weighted by atomic mass is 10.1. The molecule has 212 valence electrons. The molecule has 0 aliphatic rings. The van der Waals surface area contributed by atoms with E-state index < -0.39 is 28.4 Å². The fraction of sp³-hybridized carbons (Fsp3) is 0.194. The van der Waals surface area contributed by atoms with Crippen LogP contribution in [0.4, 0.5) is 5.69 Å². The standard InChI is InChI=1S/C31H31N3O6S/c1-5-39-31(36)25-11-9-24(10-12-25)29-17-13-26(40-29)19-32-33-30(35)20-34(28-16-8-22(3)18-23(28)4)41(37,38)27-14-6-21(2)7-15-27/h6-19H,5,20H2,1-4H3,(H,33,35)/b32-19+. The van der Waals surface area contributed by atoms with Crippen molar-refractivity contribution in [2.75, 3.05) is 17.5 Å². The number of anilines is 1. The van der Waals surface area contributed by atoms with Crippen molar-refractivity contribution in [2.45, 2.75) is 32.6 Å². The van der Waals surface area contributed by atoms with Gasteiger partial charge >= 0.3 is 5.97 Å². The number of benzene rings is 3. The van der Waals surface area contributed by atoms with Crippen LogP contribution >= 0.6 is 0 Å². The minimum Gasteiger partial charge on any atom is -0.462 e. The second-order valence-corrected chi connectivity index (χ2v) is 11.3. The van der Waals surface area contributed by atoms with Crippen molar-refractivity contribution in [3.8, 4) is 11.3 Å². The monoisotopic (exact) mass is 573 g/mol. The van der Waals surface area contributed by atoms with E-state index in [2.05, 4.69) is 10.5 Å². The summed E-state index contributed by atoms with van der Waals surface area (Å²) in [6, 6.07) is 22.0. The Hall–Kier alpha value is -4.70. The first-order chi connectivity index (χ1) is 19.6. The van der Waals surface area contributed by atoms with Gasteiger partial charge in [-0.15, -0.1) is 0 Å². The largest absolute Gasteiger partial charge is 0.462 e. The fourth-order valence-electron chi connectivity index (χ4n) is 4.12. The number of ether oxygens (including phenoxy) is 1. The number of rotatable bonds is 10. The molecule has 1 N–H and O–H groups in total. The zero-order valence-electron chi connectivity index (χ0n) is 23.2. The number of hydrazone groups is 1. The van der Waals surface area contributed by atoms with Crippen molar-refractivity contribution < 1.29 is 27.2 Å². The van der Waals surface area contributed by atoms with E-state index >= 15 is 0 Å². The van der Waals surface area contributed by atoms with E-state index in [0.29, 0.717) is 29.4 Å². The lowest BCUT2D eigenvalue weighted by Gasteiger charge is -2.25. The molecule has 10 heteroatoms. The molecule has 0 saturated carbocycles. The number of amides is 1. The predicted molar refractivity (Wildman–Crippen MR) is 157 cm³/mol. The van der Waals surface area contributed by atoms with Crippen LogP contribution in [0.5, 0.6) is 0 Å². The van der Waals surface area contributed by atoms with Gasteiger partial charge < -0.3 is 9.15 Å². The molecule has 41 heavy (non-hydrogen) atoms. The number of sulfonamides is 1. The van der Waals surface area contributed by atoms with E-state index in [1.165, 1.54) is 18.3 Å². The molecule has 4 aromatic rings. The molecule has 0 unspecified atom stereocenters. The zero-order valence-corrected chi connectivity index (χ0v) is 24.1.